The van der Waals surface area contributed by atoms with Gasteiger partial charge in [-0.1, -0.05) is 30.3 Å². The summed E-state index contributed by atoms with van der Waals surface area (Å²) in [4.78, 5) is 27.5. The van der Waals surface area contributed by atoms with Crippen LogP contribution in [-0.2, 0) is 4.74 Å². The van der Waals surface area contributed by atoms with Gasteiger partial charge in [0.1, 0.15) is 0 Å². The number of ether oxygens (including phenoxy) is 1. The Morgan fingerprint density at radius 3 is 2.21 bits per heavy atom. The summed E-state index contributed by atoms with van der Waals surface area (Å²) in [5, 5.41) is 2.49. The summed E-state index contributed by atoms with van der Waals surface area (Å²) in [5.41, 5.74) is 3.53. The summed E-state index contributed by atoms with van der Waals surface area (Å²) >= 11 is 0. The lowest BCUT2D eigenvalue weighted by Gasteiger charge is -2.29. The largest absolute Gasteiger partial charge is 0.378 e. The zero-order valence-electron chi connectivity index (χ0n) is 18.6. The van der Waals surface area contributed by atoms with Gasteiger partial charge < -0.3 is 15.5 Å². The van der Waals surface area contributed by atoms with Crippen molar-refractivity contribution in [3.8, 4) is 11.1 Å². The van der Waals surface area contributed by atoms with Crippen molar-refractivity contribution in [3.05, 3.63) is 94.9 Å². The Kier molecular flexibility index (Phi) is 5.75. The summed E-state index contributed by atoms with van der Waals surface area (Å²) in [6.45, 7) is 3.07. The standard InChI is InChI=1S/C26H25N5O3/c27-30-17-24(22-3-1-2-4-23(22)26(30)33)18-5-11-21(12-6-18)31(28)25(32)19-7-9-20(10-8-19)29-13-15-34-16-14-29/h1-12,17H,13-16,27-28H2. The van der Waals surface area contributed by atoms with Crippen LogP contribution in [0.25, 0.3) is 21.9 Å². The zero-order valence-corrected chi connectivity index (χ0v) is 18.6. The van der Waals surface area contributed by atoms with Crippen molar-refractivity contribution in [1.82, 2.24) is 4.68 Å². The van der Waals surface area contributed by atoms with Crippen LogP contribution in [0.15, 0.2) is 83.8 Å². The van der Waals surface area contributed by atoms with Gasteiger partial charge in [-0.2, -0.15) is 0 Å². The highest BCUT2D eigenvalue weighted by Gasteiger charge is 2.17. The Labute approximate surface area is 196 Å². The Bertz CT molecular complexity index is 1390. The fourth-order valence-electron chi connectivity index (χ4n) is 4.24. The lowest BCUT2D eigenvalue weighted by Crippen LogP contribution is -2.38. The minimum absolute atomic E-state index is 0.255. The molecule has 8 heteroatoms. The lowest BCUT2D eigenvalue weighted by atomic mass is 10.0. The van der Waals surface area contributed by atoms with Crippen molar-refractivity contribution < 1.29 is 9.53 Å². The molecule has 4 N–H and O–H groups in total. The van der Waals surface area contributed by atoms with Crippen molar-refractivity contribution in [3.63, 3.8) is 0 Å². The first-order valence-corrected chi connectivity index (χ1v) is 11.0. The maximum Gasteiger partial charge on any atom is 0.276 e. The minimum atomic E-state index is -0.303. The van der Waals surface area contributed by atoms with Crippen LogP contribution in [0.1, 0.15) is 10.4 Å². The number of hydrogen-bond donors (Lipinski definition) is 2. The average Bonchev–Trinajstić information content (AvgIpc) is 2.90. The summed E-state index contributed by atoms with van der Waals surface area (Å²) in [7, 11) is 0. The van der Waals surface area contributed by atoms with Gasteiger partial charge in [0.15, 0.2) is 0 Å². The number of benzene rings is 3. The highest BCUT2D eigenvalue weighted by atomic mass is 16.5. The lowest BCUT2D eigenvalue weighted by molar-refractivity contribution is 0.0986. The molecule has 0 spiro atoms. The highest BCUT2D eigenvalue weighted by Crippen LogP contribution is 2.28. The minimum Gasteiger partial charge on any atom is -0.378 e. The predicted octanol–water partition coefficient (Wildman–Crippen LogP) is 2.74. The third kappa shape index (κ3) is 4.00. The van der Waals surface area contributed by atoms with E-state index in [2.05, 4.69) is 4.90 Å². The van der Waals surface area contributed by atoms with E-state index in [1.807, 2.05) is 42.5 Å². The normalized spacial score (nSPS) is 13.7. The van der Waals surface area contributed by atoms with E-state index in [0.29, 0.717) is 29.9 Å². The smallest absolute Gasteiger partial charge is 0.276 e. The van der Waals surface area contributed by atoms with E-state index < -0.39 is 0 Å². The van der Waals surface area contributed by atoms with E-state index in [0.717, 1.165) is 45.0 Å². The molecule has 8 nitrogen and oxygen atoms in total. The number of aromatic nitrogens is 1. The summed E-state index contributed by atoms with van der Waals surface area (Å²) in [5.74, 6) is 11.7. The van der Waals surface area contributed by atoms with Gasteiger partial charge in [-0.3, -0.25) is 9.59 Å². The van der Waals surface area contributed by atoms with Crippen molar-refractivity contribution in [1.29, 1.82) is 0 Å². The summed E-state index contributed by atoms with van der Waals surface area (Å²) < 4.78 is 6.48. The molecular weight excluding hydrogens is 430 g/mol. The Balaban J connectivity index is 1.37. The van der Waals surface area contributed by atoms with Crippen LogP contribution in [0.3, 0.4) is 0 Å². The van der Waals surface area contributed by atoms with Gasteiger partial charge in [0, 0.05) is 41.5 Å². The first-order valence-electron chi connectivity index (χ1n) is 11.0. The van der Waals surface area contributed by atoms with Gasteiger partial charge in [0.25, 0.3) is 11.5 Å². The van der Waals surface area contributed by atoms with E-state index in [1.165, 1.54) is 0 Å². The molecule has 5 rings (SSSR count). The second-order valence-corrected chi connectivity index (χ2v) is 8.17. The Morgan fingerprint density at radius 1 is 0.882 bits per heavy atom. The quantitative estimate of drug-likeness (QED) is 0.278. The van der Waals surface area contributed by atoms with Crippen LogP contribution in [0.4, 0.5) is 11.4 Å². The van der Waals surface area contributed by atoms with Gasteiger partial charge >= 0.3 is 0 Å². The summed E-state index contributed by atoms with van der Waals surface area (Å²) in [6, 6.07) is 22.0. The van der Waals surface area contributed by atoms with Gasteiger partial charge in [-0.25, -0.2) is 15.5 Å². The van der Waals surface area contributed by atoms with Gasteiger partial charge in [-0.05, 0) is 53.4 Å². The molecule has 0 radical (unpaired) electrons. The monoisotopic (exact) mass is 455 g/mol. The fourth-order valence-corrected chi connectivity index (χ4v) is 4.24. The molecule has 4 aromatic rings. The second-order valence-electron chi connectivity index (χ2n) is 8.17. The number of morpholine rings is 1. The number of hydrazine groups is 1. The number of anilines is 2. The maximum atomic E-state index is 13.0. The van der Waals surface area contributed by atoms with E-state index in [4.69, 9.17) is 16.4 Å². The van der Waals surface area contributed by atoms with Crippen LogP contribution >= 0.6 is 0 Å². The van der Waals surface area contributed by atoms with Crippen LogP contribution in [0.2, 0.25) is 0 Å². The molecule has 0 aliphatic carbocycles. The maximum absolute atomic E-state index is 13.0. The number of rotatable bonds is 4. The van der Waals surface area contributed by atoms with E-state index in [-0.39, 0.29) is 11.5 Å². The van der Waals surface area contributed by atoms with Crippen molar-refractivity contribution in [2.75, 3.05) is 42.1 Å². The number of carbonyl (C=O) groups excluding carboxylic acids is 1. The van der Waals surface area contributed by atoms with E-state index >= 15 is 0 Å². The third-order valence-corrected chi connectivity index (χ3v) is 6.12. The van der Waals surface area contributed by atoms with Crippen LogP contribution < -0.4 is 27.2 Å². The van der Waals surface area contributed by atoms with E-state index in [9.17, 15) is 9.59 Å². The SMILES string of the molecule is NN(C(=O)c1ccc(N2CCOCC2)cc1)c1ccc(-c2cn(N)c(=O)c3ccccc23)cc1. The molecule has 0 saturated carbocycles. The molecule has 0 bridgehead atoms. The first-order chi connectivity index (χ1) is 16.5. The van der Waals surface area contributed by atoms with Crippen LogP contribution in [-0.4, -0.2) is 36.9 Å². The van der Waals surface area contributed by atoms with Crippen molar-refractivity contribution >= 4 is 28.1 Å². The second kappa shape index (κ2) is 9.01. The van der Waals surface area contributed by atoms with Gasteiger partial charge in [0.05, 0.1) is 18.9 Å². The number of fused-ring (bicyclic) bond motifs is 1. The molecule has 1 aliphatic rings. The molecule has 34 heavy (non-hydrogen) atoms. The first kappa shape index (κ1) is 21.7. The molecule has 1 aliphatic heterocycles. The number of nitrogens with two attached hydrogens (primary N) is 2. The number of pyridine rings is 1. The number of nitrogen functional groups attached to an aromatic ring is 1. The topological polar surface area (TPSA) is 107 Å². The number of nitrogens with zero attached hydrogens (tertiary/aromatic N) is 3. The molecular formula is C26H25N5O3. The molecule has 1 fully saturated rings. The van der Waals surface area contributed by atoms with Crippen molar-refractivity contribution in [2.45, 2.75) is 0 Å². The van der Waals surface area contributed by atoms with Gasteiger partial charge in [0.2, 0.25) is 0 Å². The third-order valence-electron chi connectivity index (χ3n) is 6.12. The zero-order chi connectivity index (χ0) is 23.7. The Morgan fingerprint density at radius 2 is 1.53 bits per heavy atom. The Hall–Kier alpha value is -4.14. The number of hydrogen-bond acceptors (Lipinski definition) is 6. The molecule has 1 aromatic heterocycles. The van der Waals surface area contributed by atoms with E-state index in [1.54, 1.807) is 36.5 Å². The average molecular weight is 456 g/mol. The molecule has 0 atom stereocenters. The summed E-state index contributed by atoms with van der Waals surface area (Å²) in [6.07, 6.45) is 1.61. The molecule has 3 aromatic carbocycles. The predicted molar refractivity (Wildman–Crippen MR) is 134 cm³/mol. The highest BCUT2D eigenvalue weighted by molar-refractivity contribution is 6.05. The number of amides is 1. The van der Waals surface area contributed by atoms with Crippen molar-refractivity contribution in [2.24, 2.45) is 5.84 Å². The molecule has 1 amide bonds. The molecule has 172 valence electrons. The molecule has 0 unspecified atom stereocenters. The van der Waals surface area contributed by atoms with Crippen LogP contribution in [0, 0.1) is 0 Å². The van der Waals surface area contributed by atoms with Gasteiger partial charge in [-0.15, -0.1) is 0 Å². The molecule has 1 saturated heterocycles. The molecule has 2 heterocycles. The number of carbonyl (C=O) groups is 1. The fraction of sp³-hybridized carbons (Fsp3) is 0.154. The van der Waals surface area contributed by atoms with Crippen LogP contribution in [0.5, 0.6) is 0 Å².